The lowest BCUT2D eigenvalue weighted by atomic mass is 10.0. The first-order chi connectivity index (χ1) is 7.50. The summed E-state index contributed by atoms with van der Waals surface area (Å²) >= 11 is 0. The Morgan fingerprint density at radius 3 is 2.81 bits per heavy atom. The molecule has 0 fully saturated rings. The van der Waals surface area contributed by atoms with Crippen LogP contribution >= 0.6 is 0 Å². The van der Waals surface area contributed by atoms with Crippen molar-refractivity contribution in [1.29, 1.82) is 0 Å². The highest BCUT2D eigenvalue weighted by Crippen LogP contribution is 2.11. The summed E-state index contributed by atoms with van der Waals surface area (Å²) in [4.78, 5) is 15.8. The zero-order valence-electron chi connectivity index (χ0n) is 10.0. The number of aromatic nitrogens is 1. The van der Waals surface area contributed by atoms with E-state index in [0.29, 0.717) is 12.3 Å². The summed E-state index contributed by atoms with van der Waals surface area (Å²) in [6.45, 7) is 5.94. The van der Waals surface area contributed by atoms with E-state index in [4.69, 9.17) is 5.73 Å². The number of hydrogen-bond donors (Lipinski definition) is 2. The van der Waals surface area contributed by atoms with Gasteiger partial charge in [0.05, 0.1) is 17.4 Å². The summed E-state index contributed by atoms with van der Waals surface area (Å²) < 4.78 is 0. The molecule has 88 valence electrons. The van der Waals surface area contributed by atoms with Gasteiger partial charge in [0.15, 0.2) is 0 Å². The summed E-state index contributed by atoms with van der Waals surface area (Å²) in [5, 5.41) is 2.79. The number of nitrogens with two attached hydrogens (primary N) is 1. The molecule has 1 atom stereocenters. The largest absolute Gasteiger partial charge is 0.323 e. The Kier molecular flexibility index (Phi) is 4.43. The van der Waals surface area contributed by atoms with Crippen molar-refractivity contribution in [1.82, 2.24) is 4.98 Å². The van der Waals surface area contributed by atoms with E-state index in [-0.39, 0.29) is 5.91 Å². The van der Waals surface area contributed by atoms with Crippen molar-refractivity contribution < 1.29 is 4.79 Å². The lowest BCUT2D eigenvalue weighted by molar-refractivity contribution is -0.117. The van der Waals surface area contributed by atoms with Crippen LogP contribution in [-0.4, -0.2) is 16.9 Å². The molecule has 0 aromatic carbocycles. The van der Waals surface area contributed by atoms with Crippen LogP contribution in [0.1, 0.15) is 26.0 Å². The Morgan fingerprint density at radius 2 is 2.25 bits per heavy atom. The fourth-order valence-corrected chi connectivity index (χ4v) is 1.46. The SMILES string of the molecule is Cc1ncccc1NC(=O)[C@H](N)CC(C)C. The lowest BCUT2D eigenvalue weighted by Gasteiger charge is -2.14. The zero-order valence-corrected chi connectivity index (χ0v) is 10.0. The van der Waals surface area contributed by atoms with Crippen LogP contribution in [0, 0.1) is 12.8 Å². The fourth-order valence-electron chi connectivity index (χ4n) is 1.46. The molecule has 16 heavy (non-hydrogen) atoms. The monoisotopic (exact) mass is 221 g/mol. The standard InChI is InChI=1S/C12H19N3O/c1-8(2)7-10(13)12(16)15-11-5-4-6-14-9(11)3/h4-6,8,10H,7,13H2,1-3H3,(H,15,16)/t10-/m1/s1. The minimum atomic E-state index is -0.459. The number of hydrogen-bond acceptors (Lipinski definition) is 3. The predicted molar refractivity (Wildman–Crippen MR) is 65.0 cm³/mol. The maximum atomic E-state index is 11.7. The molecular formula is C12H19N3O. The molecule has 0 spiro atoms. The normalized spacial score (nSPS) is 12.6. The molecule has 1 aromatic heterocycles. The molecule has 1 heterocycles. The van der Waals surface area contributed by atoms with Gasteiger partial charge in [-0.1, -0.05) is 13.8 Å². The minimum absolute atomic E-state index is 0.148. The molecular weight excluding hydrogens is 202 g/mol. The Balaban J connectivity index is 2.61. The minimum Gasteiger partial charge on any atom is -0.323 e. The van der Waals surface area contributed by atoms with Gasteiger partial charge in [-0.3, -0.25) is 9.78 Å². The third-order valence-electron chi connectivity index (χ3n) is 2.33. The van der Waals surface area contributed by atoms with Crippen LogP contribution in [-0.2, 0) is 4.79 Å². The van der Waals surface area contributed by atoms with Gasteiger partial charge in [0.2, 0.25) is 5.91 Å². The highest BCUT2D eigenvalue weighted by atomic mass is 16.2. The third-order valence-corrected chi connectivity index (χ3v) is 2.33. The van der Waals surface area contributed by atoms with Crippen LogP contribution in [0.4, 0.5) is 5.69 Å². The number of nitrogens with one attached hydrogen (secondary N) is 1. The molecule has 4 heteroatoms. The first-order valence-corrected chi connectivity index (χ1v) is 5.48. The van der Waals surface area contributed by atoms with Crippen LogP contribution in [0.25, 0.3) is 0 Å². The van der Waals surface area contributed by atoms with Crippen molar-refractivity contribution >= 4 is 11.6 Å². The van der Waals surface area contributed by atoms with Gasteiger partial charge in [-0.25, -0.2) is 0 Å². The number of carbonyl (C=O) groups excluding carboxylic acids is 1. The topological polar surface area (TPSA) is 68.0 Å². The molecule has 1 aromatic rings. The average Bonchev–Trinajstić information content (AvgIpc) is 2.20. The van der Waals surface area contributed by atoms with Crippen LogP contribution < -0.4 is 11.1 Å². The van der Waals surface area contributed by atoms with Gasteiger partial charge < -0.3 is 11.1 Å². The van der Waals surface area contributed by atoms with Crippen LogP contribution in [0.2, 0.25) is 0 Å². The zero-order chi connectivity index (χ0) is 12.1. The van der Waals surface area contributed by atoms with E-state index in [1.165, 1.54) is 0 Å². The van der Waals surface area contributed by atoms with Gasteiger partial charge in [0.25, 0.3) is 0 Å². The van der Waals surface area contributed by atoms with Crippen molar-refractivity contribution in [3.63, 3.8) is 0 Å². The molecule has 0 aliphatic heterocycles. The van der Waals surface area contributed by atoms with E-state index in [0.717, 1.165) is 11.4 Å². The van der Waals surface area contributed by atoms with Crippen molar-refractivity contribution in [2.45, 2.75) is 33.2 Å². The lowest BCUT2D eigenvalue weighted by Crippen LogP contribution is -2.36. The Morgan fingerprint density at radius 1 is 1.56 bits per heavy atom. The predicted octanol–water partition coefficient (Wildman–Crippen LogP) is 1.70. The molecule has 0 saturated carbocycles. The van der Waals surface area contributed by atoms with Crippen molar-refractivity contribution in [3.05, 3.63) is 24.0 Å². The highest BCUT2D eigenvalue weighted by molar-refractivity contribution is 5.95. The first-order valence-electron chi connectivity index (χ1n) is 5.48. The van der Waals surface area contributed by atoms with Gasteiger partial charge >= 0.3 is 0 Å². The molecule has 4 nitrogen and oxygen atoms in total. The van der Waals surface area contributed by atoms with Crippen LogP contribution in [0.5, 0.6) is 0 Å². The molecule has 0 bridgehead atoms. The van der Waals surface area contributed by atoms with E-state index in [2.05, 4.69) is 10.3 Å². The van der Waals surface area contributed by atoms with Gasteiger partial charge in [-0.2, -0.15) is 0 Å². The number of aryl methyl sites for hydroxylation is 1. The van der Waals surface area contributed by atoms with Gasteiger partial charge in [0, 0.05) is 6.20 Å². The van der Waals surface area contributed by atoms with Crippen molar-refractivity contribution in [2.24, 2.45) is 11.7 Å². The van der Waals surface area contributed by atoms with E-state index < -0.39 is 6.04 Å². The number of anilines is 1. The maximum absolute atomic E-state index is 11.7. The maximum Gasteiger partial charge on any atom is 0.241 e. The Labute approximate surface area is 96.3 Å². The van der Waals surface area contributed by atoms with Crippen LogP contribution in [0.15, 0.2) is 18.3 Å². The molecule has 0 aliphatic rings. The summed E-state index contributed by atoms with van der Waals surface area (Å²) in [7, 11) is 0. The number of carbonyl (C=O) groups is 1. The Hall–Kier alpha value is -1.42. The number of amides is 1. The molecule has 1 rings (SSSR count). The molecule has 0 radical (unpaired) electrons. The second-order valence-corrected chi connectivity index (χ2v) is 4.36. The first kappa shape index (κ1) is 12.6. The van der Waals surface area contributed by atoms with E-state index in [1.54, 1.807) is 12.3 Å². The van der Waals surface area contributed by atoms with E-state index in [1.807, 2.05) is 26.8 Å². The third kappa shape index (κ3) is 3.62. The summed E-state index contributed by atoms with van der Waals surface area (Å²) in [5.74, 6) is 0.264. The molecule has 3 N–H and O–H groups in total. The summed E-state index contributed by atoms with van der Waals surface area (Å²) in [5.41, 5.74) is 7.31. The van der Waals surface area contributed by atoms with E-state index >= 15 is 0 Å². The van der Waals surface area contributed by atoms with Gasteiger partial charge in [-0.05, 0) is 31.4 Å². The number of rotatable bonds is 4. The smallest absolute Gasteiger partial charge is 0.241 e. The van der Waals surface area contributed by atoms with Gasteiger partial charge in [0.1, 0.15) is 0 Å². The van der Waals surface area contributed by atoms with Crippen LogP contribution in [0.3, 0.4) is 0 Å². The highest BCUT2D eigenvalue weighted by Gasteiger charge is 2.15. The quantitative estimate of drug-likeness (QED) is 0.813. The fraction of sp³-hybridized carbons (Fsp3) is 0.500. The van der Waals surface area contributed by atoms with Gasteiger partial charge in [-0.15, -0.1) is 0 Å². The summed E-state index contributed by atoms with van der Waals surface area (Å²) in [6.07, 6.45) is 2.38. The number of nitrogens with zero attached hydrogens (tertiary/aromatic N) is 1. The molecule has 1 amide bonds. The molecule has 0 aliphatic carbocycles. The average molecular weight is 221 g/mol. The van der Waals surface area contributed by atoms with E-state index in [9.17, 15) is 4.79 Å². The second-order valence-electron chi connectivity index (χ2n) is 4.36. The second kappa shape index (κ2) is 5.61. The molecule has 0 unspecified atom stereocenters. The van der Waals surface area contributed by atoms with Crippen molar-refractivity contribution in [2.75, 3.05) is 5.32 Å². The van der Waals surface area contributed by atoms with Crippen molar-refractivity contribution in [3.8, 4) is 0 Å². The Bertz CT molecular complexity index is 363. The molecule has 0 saturated heterocycles. The number of pyridine rings is 1. The summed E-state index contributed by atoms with van der Waals surface area (Å²) in [6, 6.07) is 3.15.